The van der Waals surface area contributed by atoms with Gasteiger partial charge >= 0.3 is 0 Å². The van der Waals surface area contributed by atoms with Crippen molar-refractivity contribution < 1.29 is 5.11 Å². The van der Waals surface area contributed by atoms with Gasteiger partial charge in [-0.05, 0) is 38.2 Å². The fourth-order valence-electron chi connectivity index (χ4n) is 2.70. The van der Waals surface area contributed by atoms with E-state index in [0.29, 0.717) is 5.92 Å². The van der Waals surface area contributed by atoms with E-state index in [1.165, 1.54) is 0 Å². The lowest BCUT2D eigenvalue weighted by atomic mass is 9.94. The van der Waals surface area contributed by atoms with Crippen molar-refractivity contribution in [3.8, 4) is 0 Å². The number of nitrogens with zero attached hydrogens (tertiary/aromatic N) is 2. The summed E-state index contributed by atoms with van der Waals surface area (Å²) < 4.78 is 1.89. The van der Waals surface area contributed by atoms with Crippen LogP contribution < -0.4 is 0 Å². The van der Waals surface area contributed by atoms with Gasteiger partial charge in [0, 0.05) is 19.2 Å². The standard InChI is InChI=1S/C12H20N2O/c1-9-4-5-12(15,7-9)8-11-6-10(2)13-14(11)3/h6,9,15H,4-5,7-8H2,1-3H3. The summed E-state index contributed by atoms with van der Waals surface area (Å²) in [7, 11) is 1.95. The van der Waals surface area contributed by atoms with Crippen LogP contribution in [0.1, 0.15) is 37.6 Å². The average Bonchev–Trinajstić information content (AvgIpc) is 2.58. The first kappa shape index (κ1) is 10.7. The van der Waals surface area contributed by atoms with Crippen LogP contribution in [0, 0.1) is 12.8 Å². The quantitative estimate of drug-likeness (QED) is 0.805. The van der Waals surface area contributed by atoms with Crippen LogP contribution in [0.25, 0.3) is 0 Å². The molecule has 1 saturated carbocycles. The van der Waals surface area contributed by atoms with E-state index >= 15 is 0 Å². The zero-order chi connectivity index (χ0) is 11.1. The predicted octanol–water partition coefficient (Wildman–Crippen LogP) is 1.82. The largest absolute Gasteiger partial charge is 0.389 e. The van der Waals surface area contributed by atoms with E-state index in [-0.39, 0.29) is 0 Å². The lowest BCUT2D eigenvalue weighted by molar-refractivity contribution is 0.0428. The van der Waals surface area contributed by atoms with Crippen molar-refractivity contribution in [1.29, 1.82) is 0 Å². The maximum absolute atomic E-state index is 10.4. The predicted molar refractivity (Wildman–Crippen MR) is 59.6 cm³/mol. The summed E-state index contributed by atoms with van der Waals surface area (Å²) in [5, 5.41) is 14.7. The number of hydrogen-bond acceptors (Lipinski definition) is 2. The molecule has 15 heavy (non-hydrogen) atoms. The Bertz CT molecular complexity index is 359. The first-order valence-electron chi connectivity index (χ1n) is 5.70. The van der Waals surface area contributed by atoms with Crippen molar-refractivity contribution in [2.24, 2.45) is 13.0 Å². The highest BCUT2D eigenvalue weighted by atomic mass is 16.3. The number of hydrogen-bond donors (Lipinski definition) is 1. The number of aliphatic hydroxyl groups is 1. The summed E-state index contributed by atoms with van der Waals surface area (Å²) in [6.07, 6.45) is 3.75. The van der Waals surface area contributed by atoms with Crippen molar-refractivity contribution in [3.63, 3.8) is 0 Å². The lowest BCUT2D eigenvalue weighted by Gasteiger charge is -2.22. The van der Waals surface area contributed by atoms with Crippen molar-refractivity contribution in [1.82, 2.24) is 9.78 Å². The van der Waals surface area contributed by atoms with E-state index in [1.807, 2.05) is 18.7 Å². The molecule has 0 aromatic carbocycles. The Kier molecular flexibility index (Phi) is 2.59. The lowest BCUT2D eigenvalue weighted by Crippen LogP contribution is -2.28. The fraction of sp³-hybridized carbons (Fsp3) is 0.750. The highest BCUT2D eigenvalue weighted by molar-refractivity contribution is 5.12. The van der Waals surface area contributed by atoms with E-state index in [0.717, 1.165) is 37.1 Å². The normalized spacial score (nSPS) is 31.1. The van der Waals surface area contributed by atoms with Crippen LogP contribution in [0.2, 0.25) is 0 Å². The van der Waals surface area contributed by atoms with Gasteiger partial charge in [0.2, 0.25) is 0 Å². The third-order valence-corrected chi connectivity index (χ3v) is 3.44. The summed E-state index contributed by atoms with van der Waals surface area (Å²) in [6, 6.07) is 2.07. The molecule has 1 aliphatic rings. The highest BCUT2D eigenvalue weighted by Gasteiger charge is 2.35. The van der Waals surface area contributed by atoms with E-state index in [1.54, 1.807) is 0 Å². The molecule has 3 nitrogen and oxygen atoms in total. The van der Waals surface area contributed by atoms with Gasteiger partial charge in [-0.25, -0.2) is 0 Å². The van der Waals surface area contributed by atoms with Crippen molar-refractivity contribution >= 4 is 0 Å². The van der Waals surface area contributed by atoms with E-state index in [4.69, 9.17) is 0 Å². The van der Waals surface area contributed by atoms with Gasteiger partial charge in [-0.3, -0.25) is 4.68 Å². The average molecular weight is 208 g/mol. The molecular weight excluding hydrogens is 188 g/mol. The molecule has 2 rings (SSSR count). The van der Waals surface area contributed by atoms with Gasteiger partial charge in [0.05, 0.1) is 11.3 Å². The minimum atomic E-state index is -0.486. The SMILES string of the molecule is Cc1cc(CC2(O)CCC(C)C2)n(C)n1. The number of aryl methyl sites for hydroxylation is 2. The number of aromatic nitrogens is 2. The molecule has 1 heterocycles. The number of rotatable bonds is 2. The fourth-order valence-corrected chi connectivity index (χ4v) is 2.70. The molecule has 1 aromatic heterocycles. The smallest absolute Gasteiger partial charge is 0.0705 e. The van der Waals surface area contributed by atoms with Crippen LogP contribution in [-0.4, -0.2) is 20.5 Å². The van der Waals surface area contributed by atoms with Crippen LogP contribution in [0.4, 0.5) is 0 Å². The third kappa shape index (κ3) is 2.23. The zero-order valence-electron chi connectivity index (χ0n) is 9.82. The summed E-state index contributed by atoms with van der Waals surface area (Å²) in [5.74, 6) is 0.657. The van der Waals surface area contributed by atoms with Crippen molar-refractivity contribution in [2.45, 2.75) is 45.1 Å². The van der Waals surface area contributed by atoms with Gasteiger partial charge in [-0.15, -0.1) is 0 Å². The summed E-state index contributed by atoms with van der Waals surface area (Å²) in [6.45, 7) is 4.21. The Morgan fingerprint density at radius 1 is 1.67 bits per heavy atom. The summed E-state index contributed by atoms with van der Waals surface area (Å²) >= 11 is 0. The van der Waals surface area contributed by atoms with E-state index in [9.17, 15) is 5.11 Å². The van der Waals surface area contributed by atoms with Gasteiger partial charge in [0.25, 0.3) is 0 Å². The molecule has 3 heteroatoms. The van der Waals surface area contributed by atoms with E-state index in [2.05, 4.69) is 18.1 Å². The Labute approximate surface area is 91.1 Å². The monoisotopic (exact) mass is 208 g/mol. The molecule has 0 spiro atoms. The minimum absolute atomic E-state index is 0.486. The molecular formula is C12H20N2O. The first-order valence-corrected chi connectivity index (χ1v) is 5.70. The molecule has 1 aliphatic carbocycles. The Hall–Kier alpha value is -0.830. The molecule has 84 valence electrons. The minimum Gasteiger partial charge on any atom is -0.389 e. The molecule has 1 fully saturated rings. The molecule has 2 unspecified atom stereocenters. The topological polar surface area (TPSA) is 38.0 Å². The molecule has 0 bridgehead atoms. The second kappa shape index (κ2) is 3.63. The second-order valence-electron chi connectivity index (χ2n) is 5.15. The second-order valence-corrected chi connectivity index (χ2v) is 5.15. The van der Waals surface area contributed by atoms with Crippen LogP contribution in [0.15, 0.2) is 6.07 Å². The van der Waals surface area contributed by atoms with E-state index < -0.39 is 5.60 Å². The maximum atomic E-state index is 10.4. The summed E-state index contributed by atoms with van der Waals surface area (Å²) in [5.41, 5.74) is 1.69. The first-order chi connectivity index (χ1) is 6.98. The maximum Gasteiger partial charge on any atom is 0.0705 e. The molecule has 1 aromatic rings. The van der Waals surface area contributed by atoms with Crippen LogP contribution in [-0.2, 0) is 13.5 Å². The van der Waals surface area contributed by atoms with Gasteiger partial charge in [0.15, 0.2) is 0 Å². The Morgan fingerprint density at radius 2 is 2.40 bits per heavy atom. The van der Waals surface area contributed by atoms with Gasteiger partial charge in [-0.2, -0.15) is 5.10 Å². The Morgan fingerprint density at radius 3 is 2.87 bits per heavy atom. The summed E-state index contributed by atoms with van der Waals surface area (Å²) in [4.78, 5) is 0. The van der Waals surface area contributed by atoms with Gasteiger partial charge < -0.3 is 5.11 Å². The molecule has 0 amide bonds. The molecule has 1 N–H and O–H groups in total. The Balaban J connectivity index is 2.11. The van der Waals surface area contributed by atoms with Crippen LogP contribution >= 0.6 is 0 Å². The third-order valence-electron chi connectivity index (χ3n) is 3.44. The molecule has 0 saturated heterocycles. The molecule has 2 atom stereocenters. The molecule has 0 radical (unpaired) electrons. The van der Waals surface area contributed by atoms with Crippen molar-refractivity contribution in [2.75, 3.05) is 0 Å². The van der Waals surface area contributed by atoms with Gasteiger partial charge in [-0.1, -0.05) is 6.92 Å². The van der Waals surface area contributed by atoms with Gasteiger partial charge in [0.1, 0.15) is 0 Å². The van der Waals surface area contributed by atoms with Crippen molar-refractivity contribution in [3.05, 3.63) is 17.5 Å². The molecule has 0 aliphatic heterocycles. The van der Waals surface area contributed by atoms with Crippen LogP contribution in [0.3, 0.4) is 0 Å². The zero-order valence-corrected chi connectivity index (χ0v) is 9.82. The highest BCUT2D eigenvalue weighted by Crippen LogP contribution is 2.36. The van der Waals surface area contributed by atoms with Crippen LogP contribution in [0.5, 0.6) is 0 Å².